The van der Waals surface area contributed by atoms with Crippen molar-refractivity contribution in [3.05, 3.63) is 24.5 Å². The van der Waals surface area contributed by atoms with E-state index < -0.39 is 0 Å². The van der Waals surface area contributed by atoms with Gasteiger partial charge in [0, 0.05) is 25.3 Å². The van der Waals surface area contributed by atoms with Crippen LogP contribution in [0.15, 0.2) is 24.5 Å². The molecule has 4 heteroatoms. The smallest absolute Gasteiger partial charge is 0.0955 e. The highest BCUT2D eigenvalue weighted by molar-refractivity contribution is 5.79. The van der Waals surface area contributed by atoms with Gasteiger partial charge in [0.25, 0.3) is 0 Å². The maximum Gasteiger partial charge on any atom is 0.0955 e. The van der Waals surface area contributed by atoms with Crippen LogP contribution in [-0.2, 0) is 7.05 Å². The van der Waals surface area contributed by atoms with Crippen LogP contribution in [0.1, 0.15) is 12.8 Å². The molecule has 2 heterocycles. The molecule has 90 valence electrons. The van der Waals surface area contributed by atoms with E-state index >= 15 is 0 Å². The first-order chi connectivity index (χ1) is 8.33. The van der Waals surface area contributed by atoms with Crippen LogP contribution in [-0.4, -0.2) is 28.7 Å². The zero-order chi connectivity index (χ0) is 11.7. The van der Waals surface area contributed by atoms with Gasteiger partial charge < -0.3 is 15.2 Å². The molecule has 1 aliphatic heterocycles. The van der Waals surface area contributed by atoms with Gasteiger partial charge in [-0.15, -0.1) is 0 Å². The van der Waals surface area contributed by atoms with Gasteiger partial charge in [-0.05, 0) is 37.6 Å². The van der Waals surface area contributed by atoms with E-state index in [0.29, 0.717) is 6.04 Å². The Hall–Kier alpha value is -1.55. The molecule has 1 aromatic carbocycles. The maximum atomic E-state index is 4.37. The second-order valence-electron chi connectivity index (χ2n) is 4.73. The summed E-state index contributed by atoms with van der Waals surface area (Å²) in [4.78, 5) is 4.37. The molecule has 1 fully saturated rings. The molecule has 0 saturated carbocycles. The van der Waals surface area contributed by atoms with Gasteiger partial charge in [0.2, 0.25) is 0 Å². The second kappa shape index (κ2) is 4.37. The largest absolute Gasteiger partial charge is 0.383 e. The number of benzene rings is 1. The summed E-state index contributed by atoms with van der Waals surface area (Å²) in [6, 6.07) is 6.98. The lowest BCUT2D eigenvalue weighted by atomic mass is 10.2. The second-order valence-corrected chi connectivity index (χ2v) is 4.73. The first-order valence-electron chi connectivity index (χ1n) is 6.21. The Bertz CT molecular complexity index is 511. The zero-order valence-corrected chi connectivity index (χ0v) is 10.1. The minimum absolute atomic E-state index is 0.620. The van der Waals surface area contributed by atoms with E-state index in [1.807, 2.05) is 17.9 Å². The van der Waals surface area contributed by atoms with Crippen molar-refractivity contribution in [1.82, 2.24) is 14.9 Å². The fraction of sp³-hybridized carbons (Fsp3) is 0.462. The van der Waals surface area contributed by atoms with Crippen molar-refractivity contribution in [1.29, 1.82) is 0 Å². The summed E-state index contributed by atoms with van der Waals surface area (Å²) in [6.07, 6.45) is 4.43. The highest BCUT2D eigenvalue weighted by Crippen LogP contribution is 2.17. The molecule has 17 heavy (non-hydrogen) atoms. The van der Waals surface area contributed by atoms with E-state index in [4.69, 9.17) is 0 Å². The molecule has 0 radical (unpaired) electrons. The summed E-state index contributed by atoms with van der Waals surface area (Å²) in [5.74, 6) is 0. The summed E-state index contributed by atoms with van der Waals surface area (Å²) < 4.78 is 2.04. The summed E-state index contributed by atoms with van der Waals surface area (Å²) in [5.41, 5.74) is 3.39. The summed E-state index contributed by atoms with van der Waals surface area (Å²) >= 11 is 0. The zero-order valence-electron chi connectivity index (χ0n) is 10.1. The topological polar surface area (TPSA) is 41.9 Å². The number of hydrogen-bond donors (Lipinski definition) is 2. The van der Waals surface area contributed by atoms with Crippen LogP contribution < -0.4 is 10.6 Å². The molecule has 1 atom stereocenters. The number of nitrogens with one attached hydrogen (secondary N) is 2. The third-order valence-electron chi connectivity index (χ3n) is 3.44. The Morgan fingerprint density at radius 2 is 2.47 bits per heavy atom. The molecule has 0 spiro atoms. The Kier molecular flexibility index (Phi) is 2.73. The standard InChI is InChI=1S/C13H18N4/c1-17-9-16-12-7-10(4-5-13(12)17)15-8-11-3-2-6-14-11/h4-5,7,9,11,14-15H,2-3,6,8H2,1H3. The Morgan fingerprint density at radius 1 is 1.53 bits per heavy atom. The number of rotatable bonds is 3. The van der Waals surface area contributed by atoms with Crippen LogP contribution in [0.3, 0.4) is 0 Å². The van der Waals surface area contributed by atoms with Crippen molar-refractivity contribution in [3.63, 3.8) is 0 Å². The molecule has 2 aromatic rings. The van der Waals surface area contributed by atoms with E-state index in [1.54, 1.807) is 0 Å². The lowest BCUT2D eigenvalue weighted by molar-refractivity contribution is 0.633. The molecule has 2 N–H and O–H groups in total. The molecular formula is C13H18N4. The average molecular weight is 230 g/mol. The number of hydrogen-bond acceptors (Lipinski definition) is 3. The SMILES string of the molecule is Cn1cnc2cc(NCC3CCCN3)ccc21. The van der Waals surface area contributed by atoms with E-state index in [0.717, 1.165) is 24.3 Å². The Labute approximate surface area is 101 Å². The molecule has 0 amide bonds. The van der Waals surface area contributed by atoms with Crippen LogP contribution >= 0.6 is 0 Å². The summed E-state index contributed by atoms with van der Waals surface area (Å²) in [5, 5.41) is 6.96. The number of nitrogens with zero attached hydrogens (tertiary/aromatic N) is 2. The number of aryl methyl sites for hydroxylation is 1. The maximum absolute atomic E-state index is 4.37. The molecular weight excluding hydrogens is 212 g/mol. The van der Waals surface area contributed by atoms with Crippen molar-refractivity contribution in [3.8, 4) is 0 Å². The number of anilines is 1. The van der Waals surface area contributed by atoms with Crippen LogP contribution in [0, 0.1) is 0 Å². The number of aromatic nitrogens is 2. The van der Waals surface area contributed by atoms with Crippen LogP contribution in [0.25, 0.3) is 11.0 Å². The van der Waals surface area contributed by atoms with Gasteiger partial charge in [-0.3, -0.25) is 0 Å². The van der Waals surface area contributed by atoms with Crippen LogP contribution in [0.5, 0.6) is 0 Å². The minimum atomic E-state index is 0.620. The van der Waals surface area contributed by atoms with Gasteiger partial charge in [0.1, 0.15) is 0 Å². The predicted octanol–water partition coefficient (Wildman–Crippen LogP) is 1.74. The molecule has 4 nitrogen and oxygen atoms in total. The Morgan fingerprint density at radius 3 is 3.29 bits per heavy atom. The van der Waals surface area contributed by atoms with Gasteiger partial charge in [-0.1, -0.05) is 0 Å². The molecule has 0 bridgehead atoms. The molecule has 1 saturated heterocycles. The van der Waals surface area contributed by atoms with Crippen molar-refractivity contribution >= 4 is 16.7 Å². The lowest BCUT2D eigenvalue weighted by Crippen LogP contribution is -2.29. The van der Waals surface area contributed by atoms with Gasteiger partial charge in [0.05, 0.1) is 17.4 Å². The molecule has 1 unspecified atom stereocenters. The van der Waals surface area contributed by atoms with Crippen molar-refractivity contribution in [2.75, 3.05) is 18.4 Å². The van der Waals surface area contributed by atoms with Crippen molar-refractivity contribution < 1.29 is 0 Å². The normalized spacial score (nSPS) is 19.9. The first-order valence-corrected chi connectivity index (χ1v) is 6.21. The van der Waals surface area contributed by atoms with Gasteiger partial charge in [-0.25, -0.2) is 4.98 Å². The highest BCUT2D eigenvalue weighted by atomic mass is 15.0. The molecule has 1 aliphatic rings. The van der Waals surface area contributed by atoms with Crippen LogP contribution in [0.4, 0.5) is 5.69 Å². The van der Waals surface area contributed by atoms with Crippen molar-refractivity contribution in [2.45, 2.75) is 18.9 Å². The van der Waals surface area contributed by atoms with Gasteiger partial charge >= 0.3 is 0 Å². The first kappa shape index (κ1) is 10.6. The monoisotopic (exact) mass is 230 g/mol. The summed E-state index contributed by atoms with van der Waals surface area (Å²) in [6.45, 7) is 2.16. The third kappa shape index (κ3) is 2.13. The Balaban J connectivity index is 1.72. The van der Waals surface area contributed by atoms with E-state index in [-0.39, 0.29) is 0 Å². The molecule has 3 rings (SSSR count). The van der Waals surface area contributed by atoms with Crippen molar-refractivity contribution in [2.24, 2.45) is 7.05 Å². The lowest BCUT2D eigenvalue weighted by Gasteiger charge is -2.12. The average Bonchev–Trinajstić information content (AvgIpc) is 2.97. The number of imidazole rings is 1. The van der Waals surface area contributed by atoms with Gasteiger partial charge in [0.15, 0.2) is 0 Å². The fourth-order valence-corrected chi connectivity index (χ4v) is 2.42. The third-order valence-corrected chi connectivity index (χ3v) is 3.44. The number of fused-ring (bicyclic) bond motifs is 1. The van der Waals surface area contributed by atoms with Gasteiger partial charge in [-0.2, -0.15) is 0 Å². The summed E-state index contributed by atoms with van der Waals surface area (Å²) in [7, 11) is 2.02. The fourth-order valence-electron chi connectivity index (χ4n) is 2.42. The highest BCUT2D eigenvalue weighted by Gasteiger charge is 2.13. The quantitative estimate of drug-likeness (QED) is 0.844. The van der Waals surface area contributed by atoms with E-state index in [1.165, 1.54) is 18.4 Å². The van der Waals surface area contributed by atoms with E-state index in [2.05, 4.69) is 33.8 Å². The molecule has 0 aliphatic carbocycles. The predicted molar refractivity (Wildman–Crippen MR) is 70.2 cm³/mol. The van der Waals surface area contributed by atoms with E-state index in [9.17, 15) is 0 Å². The van der Waals surface area contributed by atoms with Crippen LogP contribution in [0.2, 0.25) is 0 Å². The minimum Gasteiger partial charge on any atom is -0.383 e. The molecule has 1 aromatic heterocycles.